The van der Waals surface area contributed by atoms with Gasteiger partial charge in [0.05, 0.1) is 20.5 Å². The van der Waals surface area contributed by atoms with E-state index in [2.05, 4.69) is 10.9 Å². The van der Waals surface area contributed by atoms with Gasteiger partial charge in [0, 0.05) is 11.1 Å². The molecule has 0 bridgehead atoms. The van der Waals surface area contributed by atoms with Gasteiger partial charge < -0.3 is 13.9 Å². The van der Waals surface area contributed by atoms with E-state index in [1.54, 1.807) is 18.2 Å². The molecule has 0 spiro atoms. The van der Waals surface area contributed by atoms with Gasteiger partial charge in [-0.25, -0.2) is 0 Å². The molecule has 0 atom stereocenters. The van der Waals surface area contributed by atoms with Crippen molar-refractivity contribution in [1.29, 1.82) is 0 Å². The number of hydrogen-bond donors (Lipinski definition) is 2. The van der Waals surface area contributed by atoms with Crippen LogP contribution >= 0.6 is 0 Å². The summed E-state index contributed by atoms with van der Waals surface area (Å²) in [5.74, 6) is -0.0475. The summed E-state index contributed by atoms with van der Waals surface area (Å²) in [5, 5.41) is 0. The van der Waals surface area contributed by atoms with Crippen LogP contribution in [0.4, 0.5) is 0 Å². The molecule has 2 amide bonds. The fraction of sp³-hybridized carbons (Fsp3) is 0.100. The topological polar surface area (TPSA) is 89.8 Å². The van der Waals surface area contributed by atoms with Crippen LogP contribution in [0.15, 0.2) is 65.3 Å². The lowest BCUT2D eigenvalue weighted by atomic mass is 10.1. The molecular weight excluding hydrogens is 348 g/mol. The minimum Gasteiger partial charge on any atom is -0.493 e. The van der Waals surface area contributed by atoms with Crippen molar-refractivity contribution in [2.75, 3.05) is 14.2 Å². The van der Waals surface area contributed by atoms with Crippen LogP contribution in [0.25, 0.3) is 11.1 Å². The maximum atomic E-state index is 12.4. The van der Waals surface area contributed by atoms with E-state index in [0.29, 0.717) is 22.6 Å². The molecule has 3 aromatic rings. The van der Waals surface area contributed by atoms with Gasteiger partial charge in [-0.15, -0.1) is 0 Å². The van der Waals surface area contributed by atoms with Crippen molar-refractivity contribution >= 4 is 11.8 Å². The van der Waals surface area contributed by atoms with Crippen LogP contribution in [-0.4, -0.2) is 26.0 Å². The maximum Gasteiger partial charge on any atom is 0.306 e. The van der Waals surface area contributed by atoms with Crippen LogP contribution in [0.1, 0.15) is 20.9 Å². The molecule has 138 valence electrons. The van der Waals surface area contributed by atoms with E-state index < -0.39 is 11.8 Å². The van der Waals surface area contributed by atoms with Crippen molar-refractivity contribution in [3.05, 3.63) is 72.2 Å². The standard InChI is InChI=1S/C20H18N2O5/c1-25-16-9-8-14(12-17(16)26-2)19(23)21-22-20(24)18-15(10-11-27-18)13-6-4-3-5-7-13/h3-12H,1-2H3,(H,21,23)(H,22,24). The molecule has 2 N–H and O–H groups in total. The highest BCUT2D eigenvalue weighted by Gasteiger charge is 2.18. The van der Waals surface area contributed by atoms with Crippen molar-refractivity contribution in [2.45, 2.75) is 0 Å². The summed E-state index contributed by atoms with van der Waals surface area (Å²) in [5.41, 5.74) is 6.49. The lowest BCUT2D eigenvalue weighted by molar-refractivity contribution is 0.0831. The van der Waals surface area contributed by atoms with Crippen LogP contribution in [0.5, 0.6) is 11.5 Å². The molecule has 1 heterocycles. The Hall–Kier alpha value is -3.74. The molecule has 0 saturated heterocycles. The van der Waals surface area contributed by atoms with Crippen LogP contribution in [0.3, 0.4) is 0 Å². The zero-order valence-corrected chi connectivity index (χ0v) is 14.8. The van der Waals surface area contributed by atoms with Gasteiger partial charge >= 0.3 is 5.91 Å². The van der Waals surface area contributed by atoms with Crippen molar-refractivity contribution < 1.29 is 23.5 Å². The SMILES string of the molecule is COc1ccc(C(=O)NNC(=O)c2occc2-c2ccccc2)cc1OC. The third-order valence-corrected chi connectivity index (χ3v) is 3.89. The third-order valence-electron chi connectivity index (χ3n) is 3.89. The number of benzene rings is 2. The minimum absolute atomic E-state index is 0.105. The fourth-order valence-corrected chi connectivity index (χ4v) is 2.55. The number of ether oxygens (including phenoxy) is 2. The van der Waals surface area contributed by atoms with Crippen molar-refractivity contribution in [3.63, 3.8) is 0 Å². The van der Waals surface area contributed by atoms with E-state index in [1.165, 1.54) is 26.5 Å². The zero-order chi connectivity index (χ0) is 19.2. The van der Waals surface area contributed by atoms with E-state index >= 15 is 0 Å². The number of hydrazine groups is 1. The molecule has 7 heteroatoms. The quantitative estimate of drug-likeness (QED) is 0.678. The summed E-state index contributed by atoms with van der Waals surface area (Å²) >= 11 is 0. The molecule has 0 aliphatic rings. The average Bonchev–Trinajstić information content (AvgIpc) is 3.21. The van der Waals surface area contributed by atoms with E-state index in [4.69, 9.17) is 13.9 Å². The van der Waals surface area contributed by atoms with Crippen molar-refractivity contribution in [1.82, 2.24) is 10.9 Å². The van der Waals surface area contributed by atoms with Gasteiger partial charge in [0.2, 0.25) is 5.76 Å². The van der Waals surface area contributed by atoms with Gasteiger partial charge in [-0.3, -0.25) is 20.4 Å². The Bertz CT molecular complexity index is 950. The Labute approximate surface area is 155 Å². The molecule has 0 aliphatic heterocycles. The monoisotopic (exact) mass is 366 g/mol. The highest BCUT2D eigenvalue weighted by Crippen LogP contribution is 2.27. The third kappa shape index (κ3) is 3.92. The van der Waals surface area contributed by atoms with Gasteiger partial charge in [0.15, 0.2) is 11.5 Å². The summed E-state index contributed by atoms with van der Waals surface area (Å²) in [6.45, 7) is 0. The summed E-state index contributed by atoms with van der Waals surface area (Å²) in [4.78, 5) is 24.7. The van der Waals surface area contributed by atoms with E-state index in [1.807, 2.05) is 30.3 Å². The molecule has 3 rings (SSSR count). The van der Waals surface area contributed by atoms with Crippen LogP contribution in [0.2, 0.25) is 0 Å². The molecule has 0 unspecified atom stereocenters. The Kier molecular flexibility index (Phi) is 5.41. The van der Waals surface area contributed by atoms with Crippen molar-refractivity contribution in [2.24, 2.45) is 0 Å². The molecule has 0 fully saturated rings. The number of carbonyl (C=O) groups is 2. The lowest BCUT2D eigenvalue weighted by Gasteiger charge is -2.10. The van der Waals surface area contributed by atoms with E-state index in [9.17, 15) is 9.59 Å². The summed E-state index contributed by atoms with van der Waals surface area (Å²) in [7, 11) is 2.98. The van der Waals surface area contributed by atoms with Crippen molar-refractivity contribution in [3.8, 4) is 22.6 Å². The molecule has 1 aromatic heterocycles. The number of rotatable bonds is 5. The van der Waals surface area contributed by atoms with Gasteiger partial charge in [0.1, 0.15) is 0 Å². The second kappa shape index (κ2) is 8.09. The summed E-state index contributed by atoms with van der Waals surface area (Å²) in [6.07, 6.45) is 1.42. The van der Waals surface area contributed by atoms with Gasteiger partial charge in [-0.1, -0.05) is 30.3 Å². The molecule has 0 aliphatic carbocycles. The van der Waals surface area contributed by atoms with Crippen LogP contribution in [0, 0.1) is 0 Å². The van der Waals surface area contributed by atoms with E-state index in [0.717, 1.165) is 5.56 Å². The minimum atomic E-state index is -0.562. The second-order valence-electron chi connectivity index (χ2n) is 5.51. The van der Waals surface area contributed by atoms with Gasteiger partial charge in [-0.2, -0.15) is 0 Å². The largest absolute Gasteiger partial charge is 0.493 e. The molecule has 27 heavy (non-hydrogen) atoms. The number of carbonyl (C=O) groups excluding carboxylic acids is 2. The maximum absolute atomic E-state index is 12.4. The molecule has 2 aromatic carbocycles. The van der Waals surface area contributed by atoms with Crippen LogP contribution in [-0.2, 0) is 0 Å². The Morgan fingerprint density at radius 2 is 1.56 bits per heavy atom. The Morgan fingerprint density at radius 3 is 2.26 bits per heavy atom. The average molecular weight is 366 g/mol. The first-order valence-corrected chi connectivity index (χ1v) is 8.09. The molecule has 0 radical (unpaired) electrons. The predicted molar refractivity (Wildman–Crippen MR) is 98.6 cm³/mol. The zero-order valence-electron chi connectivity index (χ0n) is 14.8. The summed E-state index contributed by atoms with van der Waals surface area (Å²) in [6, 6.07) is 15.7. The number of amides is 2. The summed E-state index contributed by atoms with van der Waals surface area (Å²) < 4.78 is 15.6. The fourth-order valence-electron chi connectivity index (χ4n) is 2.55. The first-order valence-electron chi connectivity index (χ1n) is 8.09. The van der Waals surface area contributed by atoms with Gasteiger partial charge in [-0.05, 0) is 29.8 Å². The Morgan fingerprint density at radius 1 is 0.852 bits per heavy atom. The molecular formula is C20H18N2O5. The second-order valence-corrected chi connectivity index (χ2v) is 5.51. The first-order chi connectivity index (χ1) is 13.1. The number of hydrogen-bond acceptors (Lipinski definition) is 5. The van der Waals surface area contributed by atoms with Crippen LogP contribution < -0.4 is 20.3 Å². The Balaban J connectivity index is 1.70. The number of methoxy groups -OCH3 is 2. The lowest BCUT2D eigenvalue weighted by Crippen LogP contribution is -2.41. The van der Waals surface area contributed by atoms with E-state index in [-0.39, 0.29) is 5.76 Å². The molecule has 0 saturated carbocycles. The normalized spacial score (nSPS) is 10.1. The molecule has 7 nitrogen and oxygen atoms in total. The highest BCUT2D eigenvalue weighted by molar-refractivity contribution is 6.01. The highest BCUT2D eigenvalue weighted by atomic mass is 16.5. The van der Waals surface area contributed by atoms with Gasteiger partial charge in [0.25, 0.3) is 5.91 Å². The number of nitrogens with one attached hydrogen (secondary N) is 2. The first kappa shape index (κ1) is 18.1. The smallest absolute Gasteiger partial charge is 0.306 e. The number of furan rings is 1. The predicted octanol–water partition coefficient (Wildman–Crippen LogP) is 3.04.